The normalized spacial score (nSPS) is 25.7. The zero-order valence-corrected chi connectivity index (χ0v) is 14.1. The van der Waals surface area contributed by atoms with Crippen molar-refractivity contribution in [2.75, 3.05) is 33.4 Å². The summed E-state index contributed by atoms with van der Waals surface area (Å²) >= 11 is 0. The van der Waals surface area contributed by atoms with Gasteiger partial charge in [-0.15, -0.1) is 0 Å². The number of amides is 2. The maximum atomic E-state index is 12.1. The predicted molar refractivity (Wildman–Crippen MR) is 88.4 cm³/mol. The van der Waals surface area contributed by atoms with Crippen LogP contribution in [-0.4, -0.2) is 60.1 Å². The molecule has 0 aliphatic carbocycles. The van der Waals surface area contributed by atoms with Crippen LogP contribution in [0.1, 0.15) is 24.9 Å². The van der Waals surface area contributed by atoms with E-state index >= 15 is 0 Å². The molecule has 0 aromatic heterocycles. The predicted octanol–water partition coefficient (Wildman–Crippen LogP) is 1.06. The highest BCUT2D eigenvalue weighted by molar-refractivity contribution is 5.77. The topological polar surface area (TPSA) is 70.1 Å². The van der Waals surface area contributed by atoms with E-state index in [2.05, 4.69) is 0 Å². The summed E-state index contributed by atoms with van der Waals surface area (Å²) < 4.78 is 5.21. The van der Waals surface area contributed by atoms with E-state index in [4.69, 9.17) is 9.84 Å². The molecule has 2 aliphatic heterocycles. The van der Waals surface area contributed by atoms with Crippen LogP contribution in [0, 0.1) is 11.8 Å². The Morgan fingerprint density at radius 2 is 1.92 bits per heavy atom. The summed E-state index contributed by atoms with van der Waals surface area (Å²) in [7, 11) is 1.63. The molecular formula is C18H24N2O4. The van der Waals surface area contributed by atoms with Crippen molar-refractivity contribution in [1.29, 1.82) is 0 Å². The number of carbonyl (C=O) groups is 2. The van der Waals surface area contributed by atoms with E-state index in [9.17, 15) is 9.59 Å². The Morgan fingerprint density at radius 3 is 2.50 bits per heavy atom. The van der Waals surface area contributed by atoms with Crippen LogP contribution in [0.15, 0.2) is 24.3 Å². The van der Waals surface area contributed by atoms with Crippen LogP contribution in [0.5, 0.6) is 5.75 Å². The molecule has 0 unspecified atom stereocenters. The van der Waals surface area contributed by atoms with Gasteiger partial charge < -0.3 is 19.6 Å². The molecule has 2 saturated heterocycles. The van der Waals surface area contributed by atoms with Crippen molar-refractivity contribution in [2.24, 2.45) is 11.8 Å². The number of benzene rings is 1. The number of rotatable bonds is 4. The quantitative estimate of drug-likeness (QED) is 0.895. The van der Waals surface area contributed by atoms with E-state index in [0.29, 0.717) is 25.6 Å². The Morgan fingerprint density at radius 1 is 1.21 bits per heavy atom. The molecule has 2 fully saturated rings. The first-order valence-corrected chi connectivity index (χ1v) is 8.35. The van der Waals surface area contributed by atoms with Crippen LogP contribution in [0.3, 0.4) is 0 Å². The molecule has 1 aromatic carbocycles. The summed E-state index contributed by atoms with van der Waals surface area (Å²) in [5.74, 6) is 1.38. The second-order valence-corrected chi connectivity index (χ2v) is 6.59. The molecule has 3 atom stereocenters. The van der Waals surface area contributed by atoms with Crippen molar-refractivity contribution in [3.05, 3.63) is 29.8 Å². The molecule has 6 heteroatoms. The van der Waals surface area contributed by atoms with Gasteiger partial charge in [-0.1, -0.05) is 12.1 Å². The highest BCUT2D eigenvalue weighted by Crippen LogP contribution is 2.45. The molecule has 2 heterocycles. The van der Waals surface area contributed by atoms with Crippen LogP contribution in [-0.2, 0) is 9.59 Å². The lowest BCUT2D eigenvalue weighted by atomic mass is 9.89. The minimum absolute atomic E-state index is 0.00486. The molecule has 130 valence electrons. The number of ether oxygens (including phenoxy) is 1. The Bertz CT molecular complexity index is 616. The number of aliphatic hydroxyl groups is 1. The van der Waals surface area contributed by atoms with Crippen LogP contribution < -0.4 is 4.74 Å². The average Bonchev–Trinajstić information content (AvgIpc) is 3.13. The largest absolute Gasteiger partial charge is 0.497 e. The minimum atomic E-state index is -0.119. The van der Waals surface area contributed by atoms with Gasteiger partial charge in [0.1, 0.15) is 5.75 Å². The third-order valence-corrected chi connectivity index (χ3v) is 5.20. The smallest absolute Gasteiger partial charge is 0.224 e. The van der Waals surface area contributed by atoms with Crippen molar-refractivity contribution < 1.29 is 19.4 Å². The number of hydrogen-bond acceptors (Lipinski definition) is 4. The van der Waals surface area contributed by atoms with Gasteiger partial charge in [-0.2, -0.15) is 0 Å². The summed E-state index contributed by atoms with van der Waals surface area (Å²) in [4.78, 5) is 27.9. The SMILES string of the molecule is COc1ccc([C@H]2[C@@H]3CN(C(=O)CCO)C[C@@H]3CN2C(C)=O)cc1. The van der Waals surface area contributed by atoms with Gasteiger partial charge in [-0.3, -0.25) is 9.59 Å². The van der Waals surface area contributed by atoms with Crippen LogP contribution in [0.25, 0.3) is 0 Å². The van der Waals surface area contributed by atoms with Gasteiger partial charge in [0, 0.05) is 44.8 Å². The number of methoxy groups -OCH3 is 1. The Hall–Kier alpha value is -2.08. The lowest BCUT2D eigenvalue weighted by Crippen LogP contribution is -2.36. The number of nitrogens with zero attached hydrogens (tertiary/aromatic N) is 2. The summed E-state index contributed by atoms with van der Waals surface area (Å²) in [6.07, 6.45) is 0.170. The monoisotopic (exact) mass is 332 g/mol. The molecule has 2 aliphatic rings. The van der Waals surface area contributed by atoms with E-state index in [1.165, 1.54) is 0 Å². The van der Waals surface area contributed by atoms with Gasteiger partial charge in [0.15, 0.2) is 0 Å². The average molecular weight is 332 g/mol. The summed E-state index contributed by atoms with van der Waals surface area (Å²) in [6, 6.07) is 7.81. The fraction of sp³-hybridized carbons (Fsp3) is 0.556. The summed E-state index contributed by atoms with van der Waals surface area (Å²) in [5, 5.41) is 8.98. The highest BCUT2D eigenvalue weighted by Gasteiger charge is 2.49. The van der Waals surface area contributed by atoms with Crippen molar-refractivity contribution in [3.8, 4) is 5.75 Å². The molecule has 1 N–H and O–H groups in total. The molecule has 0 spiro atoms. The lowest BCUT2D eigenvalue weighted by Gasteiger charge is -2.29. The van der Waals surface area contributed by atoms with Gasteiger partial charge in [-0.25, -0.2) is 0 Å². The van der Waals surface area contributed by atoms with E-state index < -0.39 is 0 Å². The summed E-state index contributed by atoms with van der Waals surface area (Å²) in [5.41, 5.74) is 1.08. The number of hydrogen-bond donors (Lipinski definition) is 1. The van der Waals surface area contributed by atoms with E-state index in [1.807, 2.05) is 34.1 Å². The zero-order chi connectivity index (χ0) is 17.3. The first-order chi connectivity index (χ1) is 11.5. The molecule has 2 amide bonds. The Labute approximate surface area is 142 Å². The molecular weight excluding hydrogens is 308 g/mol. The molecule has 0 saturated carbocycles. The fourth-order valence-corrected chi connectivity index (χ4v) is 4.05. The molecule has 3 rings (SSSR count). The minimum Gasteiger partial charge on any atom is -0.497 e. The van der Waals surface area contributed by atoms with Crippen molar-refractivity contribution in [2.45, 2.75) is 19.4 Å². The summed E-state index contributed by atoms with van der Waals surface area (Å²) in [6.45, 7) is 3.47. The van der Waals surface area contributed by atoms with Crippen molar-refractivity contribution >= 4 is 11.8 Å². The van der Waals surface area contributed by atoms with Crippen LogP contribution in [0.2, 0.25) is 0 Å². The second kappa shape index (κ2) is 6.81. The van der Waals surface area contributed by atoms with Gasteiger partial charge in [0.25, 0.3) is 0 Å². The standard InChI is InChI=1S/C18H24N2O4/c1-12(22)20-10-14-9-19(17(23)7-8-21)11-16(14)18(20)13-3-5-15(24-2)6-4-13/h3-6,14,16,18,21H,7-11H2,1-2H3/t14-,16-,18+/m1/s1. The third-order valence-electron chi connectivity index (χ3n) is 5.20. The Kier molecular flexibility index (Phi) is 4.76. The molecule has 0 radical (unpaired) electrons. The highest BCUT2D eigenvalue weighted by atomic mass is 16.5. The maximum absolute atomic E-state index is 12.1. The van der Waals surface area contributed by atoms with Gasteiger partial charge in [-0.05, 0) is 17.7 Å². The third kappa shape index (κ3) is 2.98. The van der Waals surface area contributed by atoms with Gasteiger partial charge >= 0.3 is 0 Å². The molecule has 6 nitrogen and oxygen atoms in total. The van der Waals surface area contributed by atoms with Gasteiger partial charge in [0.05, 0.1) is 19.8 Å². The van der Waals surface area contributed by atoms with Gasteiger partial charge in [0.2, 0.25) is 11.8 Å². The second-order valence-electron chi connectivity index (χ2n) is 6.59. The molecule has 24 heavy (non-hydrogen) atoms. The Balaban J connectivity index is 1.83. The molecule has 0 bridgehead atoms. The first-order valence-electron chi connectivity index (χ1n) is 8.35. The first kappa shape index (κ1) is 16.8. The number of fused-ring (bicyclic) bond motifs is 1. The van der Waals surface area contributed by atoms with Crippen molar-refractivity contribution in [3.63, 3.8) is 0 Å². The number of carbonyl (C=O) groups excluding carboxylic acids is 2. The maximum Gasteiger partial charge on any atom is 0.224 e. The van der Waals surface area contributed by atoms with Crippen LogP contribution in [0.4, 0.5) is 0 Å². The number of likely N-dealkylation sites (tertiary alicyclic amines) is 2. The van der Waals surface area contributed by atoms with E-state index in [-0.39, 0.29) is 36.8 Å². The number of aliphatic hydroxyl groups excluding tert-OH is 1. The van der Waals surface area contributed by atoms with E-state index in [0.717, 1.165) is 11.3 Å². The zero-order valence-electron chi connectivity index (χ0n) is 14.1. The fourth-order valence-electron chi connectivity index (χ4n) is 4.05. The van der Waals surface area contributed by atoms with E-state index in [1.54, 1.807) is 14.0 Å². The van der Waals surface area contributed by atoms with Crippen molar-refractivity contribution in [1.82, 2.24) is 9.80 Å². The van der Waals surface area contributed by atoms with Crippen LogP contribution >= 0.6 is 0 Å². The molecule has 1 aromatic rings. The lowest BCUT2D eigenvalue weighted by molar-refractivity contribution is -0.132.